The van der Waals surface area contributed by atoms with Crippen LogP contribution in [0, 0.1) is 0 Å². The molecular formula is C14H22ClN3O. The lowest BCUT2D eigenvalue weighted by Gasteiger charge is -2.21. The summed E-state index contributed by atoms with van der Waals surface area (Å²) in [7, 11) is 0. The van der Waals surface area contributed by atoms with Crippen molar-refractivity contribution in [3.63, 3.8) is 0 Å². The molecule has 1 rings (SSSR count). The van der Waals surface area contributed by atoms with Crippen molar-refractivity contribution in [1.82, 2.24) is 9.88 Å². The topological polar surface area (TPSA) is 45.2 Å². The van der Waals surface area contributed by atoms with Gasteiger partial charge in [0.1, 0.15) is 5.82 Å². The van der Waals surface area contributed by atoms with Gasteiger partial charge in [0.05, 0.1) is 10.6 Å². The second-order valence-electron chi connectivity index (χ2n) is 4.38. The first kappa shape index (κ1) is 15.8. The van der Waals surface area contributed by atoms with E-state index in [9.17, 15) is 4.79 Å². The van der Waals surface area contributed by atoms with Crippen LogP contribution < -0.4 is 5.32 Å². The van der Waals surface area contributed by atoms with Gasteiger partial charge in [0.25, 0.3) is 5.91 Å². The summed E-state index contributed by atoms with van der Waals surface area (Å²) >= 11 is 6.12. The Morgan fingerprint density at radius 2 is 1.95 bits per heavy atom. The molecule has 0 aromatic carbocycles. The van der Waals surface area contributed by atoms with Crippen molar-refractivity contribution in [2.75, 3.05) is 25.0 Å². The second-order valence-corrected chi connectivity index (χ2v) is 4.78. The van der Waals surface area contributed by atoms with Crippen molar-refractivity contribution in [2.45, 2.75) is 33.6 Å². The Balaban J connectivity index is 2.88. The number of nitrogens with zero attached hydrogens (tertiary/aromatic N) is 2. The highest BCUT2D eigenvalue weighted by molar-refractivity contribution is 6.33. The van der Waals surface area contributed by atoms with Crippen molar-refractivity contribution < 1.29 is 4.79 Å². The van der Waals surface area contributed by atoms with Gasteiger partial charge in [-0.05, 0) is 25.8 Å². The van der Waals surface area contributed by atoms with Crippen LogP contribution in [0.2, 0.25) is 5.02 Å². The minimum atomic E-state index is 0.00106. The summed E-state index contributed by atoms with van der Waals surface area (Å²) in [4.78, 5) is 18.4. The lowest BCUT2D eigenvalue weighted by atomic mass is 10.2. The van der Waals surface area contributed by atoms with Crippen molar-refractivity contribution in [1.29, 1.82) is 0 Å². The summed E-state index contributed by atoms with van der Waals surface area (Å²) in [5, 5.41) is 3.54. The fraction of sp³-hybridized carbons (Fsp3) is 0.571. The SMILES string of the molecule is CCCN(CCC)C(=O)c1cnc(NCC)c(Cl)c1. The van der Waals surface area contributed by atoms with E-state index in [0.29, 0.717) is 16.4 Å². The molecular weight excluding hydrogens is 262 g/mol. The zero-order valence-electron chi connectivity index (χ0n) is 11.9. The van der Waals surface area contributed by atoms with Crippen molar-refractivity contribution in [3.05, 3.63) is 22.8 Å². The van der Waals surface area contributed by atoms with E-state index in [-0.39, 0.29) is 5.91 Å². The number of aromatic nitrogens is 1. The Hall–Kier alpha value is -1.29. The molecule has 1 amide bonds. The first-order chi connectivity index (χ1) is 9.13. The van der Waals surface area contributed by atoms with Gasteiger partial charge in [0.2, 0.25) is 0 Å². The molecule has 0 unspecified atom stereocenters. The van der Waals surface area contributed by atoms with Crippen LogP contribution in [-0.4, -0.2) is 35.4 Å². The molecule has 0 aliphatic heterocycles. The number of amides is 1. The first-order valence-electron chi connectivity index (χ1n) is 6.82. The predicted octanol–water partition coefficient (Wildman–Crippen LogP) is 3.43. The van der Waals surface area contributed by atoms with Gasteiger partial charge in [-0.1, -0.05) is 25.4 Å². The van der Waals surface area contributed by atoms with Crippen LogP contribution in [0.5, 0.6) is 0 Å². The van der Waals surface area contributed by atoms with Gasteiger partial charge in [-0.25, -0.2) is 4.98 Å². The molecule has 0 radical (unpaired) electrons. The molecule has 0 bridgehead atoms. The fourth-order valence-electron chi connectivity index (χ4n) is 1.89. The highest BCUT2D eigenvalue weighted by Crippen LogP contribution is 2.20. The summed E-state index contributed by atoms with van der Waals surface area (Å²) in [6, 6.07) is 1.69. The molecule has 0 saturated heterocycles. The number of halogens is 1. The molecule has 5 heteroatoms. The fourth-order valence-corrected chi connectivity index (χ4v) is 2.12. The van der Waals surface area contributed by atoms with Crippen LogP contribution >= 0.6 is 11.6 Å². The highest BCUT2D eigenvalue weighted by Gasteiger charge is 2.16. The minimum Gasteiger partial charge on any atom is -0.369 e. The summed E-state index contributed by atoms with van der Waals surface area (Å²) in [5.41, 5.74) is 0.550. The zero-order chi connectivity index (χ0) is 14.3. The number of nitrogens with one attached hydrogen (secondary N) is 1. The Labute approximate surface area is 120 Å². The summed E-state index contributed by atoms with van der Waals surface area (Å²) in [6.45, 7) is 8.38. The Morgan fingerprint density at radius 3 is 2.42 bits per heavy atom. The van der Waals surface area contributed by atoms with Gasteiger partial charge in [-0.2, -0.15) is 0 Å². The van der Waals surface area contributed by atoms with E-state index in [1.165, 1.54) is 0 Å². The maximum atomic E-state index is 12.4. The average Bonchev–Trinajstić information content (AvgIpc) is 2.40. The predicted molar refractivity (Wildman–Crippen MR) is 79.9 cm³/mol. The largest absolute Gasteiger partial charge is 0.369 e. The van der Waals surface area contributed by atoms with Gasteiger partial charge in [0, 0.05) is 25.8 Å². The molecule has 1 heterocycles. The molecule has 106 valence electrons. The average molecular weight is 284 g/mol. The number of carbonyl (C=O) groups is 1. The quantitative estimate of drug-likeness (QED) is 0.834. The van der Waals surface area contributed by atoms with Crippen LogP contribution in [0.4, 0.5) is 5.82 Å². The third-order valence-electron chi connectivity index (χ3n) is 2.71. The van der Waals surface area contributed by atoms with Crippen LogP contribution in [0.15, 0.2) is 12.3 Å². The molecule has 1 N–H and O–H groups in total. The van der Waals surface area contributed by atoms with Gasteiger partial charge in [0.15, 0.2) is 0 Å². The van der Waals surface area contributed by atoms with E-state index in [1.807, 2.05) is 11.8 Å². The van der Waals surface area contributed by atoms with Gasteiger partial charge in [-0.3, -0.25) is 4.79 Å². The third kappa shape index (κ3) is 4.39. The highest BCUT2D eigenvalue weighted by atomic mass is 35.5. The van der Waals surface area contributed by atoms with Gasteiger partial charge >= 0.3 is 0 Å². The molecule has 0 atom stereocenters. The molecule has 1 aromatic heterocycles. The lowest BCUT2D eigenvalue weighted by Crippen LogP contribution is -2.32. The van der Waals surface area contributed by atoms with Crippen molar-refractivity contribution >= 4 is 23.3 Å². The number of hydrogen-bond donors (Lipinski definition) is 1. The number of pyridine rings is 1. The number of rotatable bonds is 7. The number of hydrogen-bond acceptors (Lipinski definition) is 3. The minimum absolute atomic E-state index is 0.00106. The Bertz CT molecular complexity index is 417. The number of carbonyl (C=O) groups excluding carboxylic acids is 1. The smallest absolute Gasteiger partial charge is 0.255 e. The monoisotopic (exact) mass is 283 g/mol. The standard InChI is InChI=1S/C14H22ClN3O/c1-4-7-18(8-5-2)14(19)11-9-12(15)13(16-6-3)17-10-11/h9-10H,4-8H2,1-3H3,(H,16,17). The third-order valence-corrected chi connectivity index (χ3v) is 2.99. The maximum Gasteiger partial charge on any atom is 0.255 e. The molecule has 0 aliphatic rings. The van der Waals surface area contributed by atoms with E-state index in [4.69, 9.17) is 11.6 Å². The van der Waals surface area contributed by atoms with Crippen LogP contribution in [-0.2, 0) is 0 Å². The molecule has 1 aromatic rings. The molecule has 19 heavy (non-hydrogen) atoms. The van der Waals surface area contributed by atoms with Crippen LogP contribution in [0.3, 0.4) is 0 Å². The van der Waals surface area contributed by atoms with Crippen LogP contribution in [0.25, 0.3) is 0 Å². The van der Waals surface area contributed by atoms with Gasteiger partial charge < -0.3 is 10.2 Å². The maximum absolute atomic E-state index is 12.4. The van der Waals surface area contributed by atoms with E-state index in [2.05, 4.69) is 24.1 Å². The van der Waals surface area contributed by atoms with E-state index >= 15 is 0 Å². The van der Waals surface area contributed by atoms with Crippen LogP contribution in [0.1, 0.15) is 44.0 Å². The molecule has 0 saturated carbocycles. The van der Waals surface area contributed by atoms with Gasteiger partial charge in [-0.15, -0.1) is 0 Å². The first-order valence-corrected chi connectivity index (χ1v) is 7.20. The zero-order valence-corrected chi connectivity index (χ0v) is 12.6. The molecule has 0 spiro atoms. The lowest BCUT2D eigenvalue weighted by molar-refractivity contribution is 0.0755. The normalized spacial score (nSPS) is 10.3. The van der Waals surface area contributed by atoms with Crippen molar-refractivity contribution in [3.8, 4) is 0 Å². The summed E-state index contributed by atoms with van der Waals surface area (Å²) in [6.07, 6.45) is 3.48. The number of anilines is 1. The van der Waals surface area contributed by atoms with Crippen molar-refractivity contribution in [2.24, 2.45) is 0 Å². The summed E-state index contributed by atoms with van der Waals surface area (Å²) in [5.74, 6) is 0.624. The molecule has 4 nitrogen and oxygen atoms in total. The molecule has 0 fully saturated rings. The van der Waals surface area contributed by atoms with E-state index in [1.54, 1.807) is 12.3 Å². The Morgan fingerprint density at radius 1 is 1.32 bits per heavy atom. The second kappa shape index (κ2) is 8.00. The summed E-state index contributed by atoms with van der Waals surface area (Å²) < 4.78 is 0. The Kier molecular flexibility index (Phi) is 6.64. The van der Waals surface area contributed by atoms with E-state index in [0.717, 1.165) is 32.5 Å². The molecule has 0 aliphatic carbocycles. The van der Waals surface area contributed by atoms with E-state index < -0.39 is 0 Å².